The number of hydrogen-bond acceptors (Lipinski definition) is 5. The maximum Gasteiger partial charge on any atom is 0.294 e. The van der Waals surface area contributed by atoms with Gasteiger partial charge in [-0.3, -0.25) is 19.3 Å². The Hall–Kier alpha value is -2.80. The lowest BCUT2D eigenvalue weighted by atomic mass is 10.0. The van der Waals surface area contributed by atoms with Gasteiger partial charge in [-0.1, -0.05) is 30.3 Å². The van der Waals surface area contributed by atoms with E-state index in [1.54, 1.807) is 11.0 Å². The molecule has 0 spiro atoms. The molecule has 5 rings (SSSR count). The Morgan fingerprint density at radius 2 is 1.56 bits per heavy atom. The summed E-state index contributed by atoms with van der Waals surface area (Å²) in [5.74, 6) is -0.522. The maximum atomic E-state index is 13.0. The van der Waals surface area contributed by atoms with Crippen LogP contribution in [0.5, 0.6) is 0 Å². The van der Waals surface area contributed by atoms with E-state index in [1.807, 2.05) is 18.2 Å². The number of nitrogens with zero attached hydrogens (tertiary/aromatic N) is 3. The van der Waals surface area contributed by atoms with Crippen LogP contribution in [0.1, 0.15) is 37.7 Å². The van der Waals surface area contributed by atoms with E-state index in [2.05, 4.69) is 23.1 Å². The molecule has 0 aliphatic carbocycles. The predicted octanol–water partition coefficient (Wildman–Crippen LogP) is 4.49. The number of amides is 3. The first kappa shape index (κ1) is 21.1. The third-order valence-corrected chi connectivity index (χ3v) is 7.45. The molecule has 3 saturated heterocycles. The number of imide groups is 1. The first-order valence-corrected chi connectivity index (χ1v) is 12.2. The van der Waals surface area contributed by atoms with E-state index >= 15 is 0 Å². The quantitative estimate of drug-likeness (QED) is 0.644. The van der Waals surface area contributed by atoms with E-state index in [4.69, 9.17) is 0 Å². The van der Waals surface area contributed by atoms with Gasteiger partial charge in [0.15, 0.2) is 0 Å². The van der Waals surface area contributed by atoms with E-state index in [9.17, 15) is 14.4 Å². The van der Waals surface area contributed by atoms with Gasteiger partial charge in [-0.15, -0.1) is 0 Å². The van der Waals surface area contributed by atoms with Gasteiger partial charge >= 0.3 is 0 Å². The molecule has 0 bridgehead atoms. The number of hydrogen-bond donors (Lipinski definition) is 0. The lowest BCUT2D eigenvalue weighted by molar-refractivity contribution is -0.136. The van der Waals surface area contributed by atoms with E-state index in [0.29, 0.717) is 18.0 Å². The van der Waals surface area contributed by atoms with Gasteiger partial charge in [-0.05, 0) is 67.0 Å². The summed E-state index contributed by atoms with van der Waals surface area (Å²) in [6.45, 7) is 3.37. The van der Waals surface area contributed by atoms with Crippen molar-refractivity contribution < 1.29 is 14.4 Å². The highest BCUT2D eigenvalue weighted by atomic mass is 32.2. The van der Waals surface area contributed by atoms with Crippen molar-refractivity contribution in [3.05, 3.63) is 46.9 Å². The number of anilines is 1. The fourth-order valence-corrected chi connectivity index (χ4v) is 5.65. The normalized spacial score (nSPS) is 20.8. The fraction of sp³-hybridized carbons (Fsp3) is 0.400. The molecule has 3 fully saturated rings. The van der Waals surface area contributed by atoms with Gasteiger partial charge < -0.3 is 9.80 Å². The summed E-state index contributed by atoms with van der Waals surface area (Å²) in [5.41, 5.74) is 2.13. The molecule has 6 nitrogen and oxygen atoms in total. The molecule has 7 heteroatoms. The maximum absolute atomic E-state index is 13.0. The molecular weight excluding hydrogens is 422 g/mol. The third-order valence-electron chi connectivity index (χ3n) is 6.54. The summed E-state index contributed by atoms with van der Waals surface area (Å²) in [6, 6.07) is 12.4. The van der Waals surface area contributed by atoms with Crippen LogP contribution in [0.15, 0.2) is 41.3 Å². The minimum absolute atomic E-state index is 0.145. The smallest absolute Gasteiger partial charge is 0.294 e. The Balaban J connectivity index is 1.40. The Labute approximate surface area is 192 Å². The lowest BCUT2D eigenvalue weighted by Crippen LogP contribution is -2.44. The number of likely N-dealkylation sites (tertiary alicyclic amines) is 1. The highest BCUT2D eigenvalue weighted by molar-refractivity contribution is 8.18. The molecule has 2 aromatic rings. The second kappa shape index (κ2) is 8.98. The zero-order valence-corrected chi connectivity index (χ0v) is 18.9. The first-order valence-electron chi connectivity index (χ1n) is 11.4. The van der Waals surface area contributed by atoms with Crippen molar-refractivity contribution in [2.45, 2.75) is 32.1 Å². The Morgan fingerprint density at radius 1 is 0.875 bits per heavy atom. The zero-order valence-electron chi connectivity index (χ0n) is 18.1. The van der Waals surface area contributed by atoms with Crippen LogP contribution >= 0.6 is 11.8 Å². The van der Waals surface area contributed by atoms with Gasteiger partial charge in [0.2, 0.25) is 5.91 Å². The van der Waals surface area contributed by atoms with Crippen LogP contribution in [0, 0.1) is 0 Å². The molecule has 0 aromatic heterocycles. The summed E-state index contributed by atoms with van der Waals surface area (Å²) in [4.78, 5) is 43.8. The van der Waals surface area contributed by atoms with Crippen molar-refractivity contribution in [2.75, 3.05) is 37.6 Å². The van der Waals surface area contributed by atoms with Crippen molar-refractivity contribution in [3.63, 3.8) is 0 Å². The molecule has 0 saturated carbocycles. The van der Waals surface area contributed by atoms with E-state index in [1.165, 1.54) is 18.5 Å². The van der Waals surface area contributed by atoms with Crippen LogP contribution in [-0.4, -0.2) is 59.6 Å². The minimum atomic E-state index is -0.377. The van der Waals surface area contributed by atoms with E-state index in [-0.39, 0.29) is 23.6 Å². The van der Waals surface area contributed by atoms with Gasteiger partial charge in [0.1, 0.15) is 6.54 Å². The Bertz CT molecular complexity index is 1100. The van der Waals surface area contributed by atoms with Crippen molar-refractivity contribution in [2.24, 2.45) is 0 Å². The molecule has 0 atom stereocenters. The number of benzene rings is 2. The van der Waals surface area contributed by atoms with Gasteiger partial charge in [0.05, 0.1) is 4.91 Å². The van der Waals surface area contributed by atoms with Gasteiger partial charge in [-0.25, -0.2) is 0 Å². The molecular formula is C25H27N3O3S. The van der Waals surface area contributed by atoms with Gasteiger partial charge in [0.25, 0.3) is 11.1 Å². The number of carbonyl (C=O) groups excluding carboxylic acids is 3. The number of thioether (sulfide) groups is 1. The number of piperidine rings is 1. The van der Waals surface area contributed by atoms with Crippen molar-refractivity contribution in [3.8, 4) is 0 Å². The van der Waals surface area contributed by atoms with E-state index in [0.717, 1.165) is 65.3 Å². The second-order valence-corrected chi connectivity index (χ2v) is 9.62. The van der Waals surface area contributed by atoms with Gasteiger partial charge in [0, 0.05) is 37.3 Å². The summed E-state index contributed by atoms with van der Waals surface area (Å²) in [6.07, 6.45) is 7.30. The standard InChI is InChI=1S/C25H27N3O3S/c29-23(27-14-4-1-5-15-27)17-28-24(30)22(32-25(28)31)16-18-10-11-21(26-12-6-7-13-26)20-9-3-2-8-19(18)20/h2-3,8-11,16H,1,4-7,12-15,17H2/b22-16-. The average Bonchev–Trinajstić information content (AvgIpc) is 3.44. The molecule has 3 aliphatic heterocycles. The third kappa shape index (κ3) is 4.01. The highest BCUT2D eigenvalue weighted by Crippen LogP contribution is 2.36. The van der Waals surface area contributed by atoms with Crippen molar-refractivity contribution in [1.29, 1.82) is 0 Å². The molecule has 166 valence electrons. The summed E-state index contributed by atoms with van der Waals surface area (Å²) >= 11 is 0.921. The number of fused-ring (bicyclic) bond motifs is 1. The van der Waals surface area contributed by atoms with E-state index < -0.39 is 0 Å². The monoisotopic (exact) mass is 449 g/mol. The SMILES string of the molecule is O=C(CN1C(=O)S/C(=C\c2ccc(N3CCCC3)c3ccccc23)C1=O)N1CCCCC1. The molecule has 0 unspecified atom stereocenters. The van der Waals surface area contributed by atoms with Crippen LogP contribution < -0.4 is 4.90 Å². The van der Waals surface area contributed by atoms with Crippen LogP contribution in [0.3, 0.4) is 0 Å². The highest BCUT2D eigenvalue weighted by Gasteiger charge is 2.37. The van der Waals surface area contributed by atoms with Crippen molar-refractivity contribution >= 4 is 51.4 Å². The molecule has 0 N–H and O–H groups in total. The minimum Gasteiger partial charge on any atom is -0.371 e. The summed E-state index contributed by atoms with van der Waals surface area (Å²) in [5, 5.41) is 1.85. The number of carbonyl (C=O) groups is 3. The van der Waals surface area contributed by atoms with Gasteiger partial charge in [-0.2, -0.15) is 0 Å². The first-order chi connectivity index (χ1) is 15.6. The topological polar surface area (TPSA) is 60.9 Å². The fourth-order valence-electron chi connectivity index (χ4n) is 4.82. The van der Waals surface area contributed by atoms with Crippen LogP contribution in [0.25, 0.3) is 16.8 Å². The molecule has 2 aromatic carbocycles. The van der Waals surface area contributed by atoms with Crippen molar-refractivity contribution in [1.82, 2.24) is 9.80 Å². The summed E-state index contributed by atoms with van der Waals surface area (Å²) < 4.78 is 0. The molecule has 0 radical (unpaired) electrons. The number of rotatable bonds is 4. The van der Waals surface area contributed by atoms with Crippen LogP contribution in [-0.2, 0) is 9.59 Å². The molecule has 3 aliphatic rings. The molecule has 32 heavy (non-hydrogen) atoms. The average molecular weight is 450 g/mol. The predicted molar refractivity (Wildman–Crippen MR) is 129 cm³/mol. The Kier molecular flexibility index (Phi) is 5.91. The lowest BCUT2D eigenvalue weighted by Gasteiger charge is -2.27. The molecule has 3 amide bonds. The largest absolute Gasteiger partial charge is 0.371 e. The molecule has 3 heterocycles. The van der Waals surface area contributed by atoms with Crippen LogP contribution in [0.2, 0.25) is 0 Å². The Morgan fingerprint density at radius 3 is 2.31 bits per heavy atom. The van der Waals surface area contributed by atoms with Crippen LogP contribution in [0.4, 0.5) is 10.5 Å². The second-order valence-electron chi connectivity index (χ2n) is 8.62. The zero-order chi connectivity index (χ0) is 22.1. The summed E-state index contributed by atoms with van der Waals surface area (Å²) in [7, 11) is 0.